The molecule has 0 amide bonds. The first-order chi connectivity index (χ1) is 20.3. The summed E-state index contributed by atoms with van der Waals surface area (Å²) in [5, 5.41) is 12.0. The largest absolute Gasteiger partial charge is 0.456 e. The van der Waals surface area contributed by atoms with Crippen molar-refractivity contribution in [2.24, 2.45) is 0 Å². The summed E-state index contributed by atoms with van der Waals surface area (Å²) in [4.78, 5) is 0. The summed E-state index contributed by atoms with van der Waals surface area (Å²) in [6.07, 6.45) is 0. The molecule has 2 nitrogen and oxygen atoms in total. The van der Waals surface area contributed by atoms with Crippen molar-refractivity contribution < 1.29 is 8.83 Å². The molecule has 0 radical (unpaired) electrons. The lowest BCUT2D eigenvalue weighted by Gasteiger charge is -2.12. The van der Waals surface area contributed by atoms with E-state index in [0.29, 0.717) is 0 Å². The standard InChI is InChI=1S/C38H20O2S/c1-5-11-33-23(7-1)27-15-14-26-28(21-13-16-34-30(17-21)24-8-2-4-10-32(24)39-34)18-22-19-36-31(20-29(22)37(26)38(27)40-33)25-9-3-6-12-35(25)41-36/h1-20H. The van der Waals surface area contributed by atoms with Gasteiger partial charge in [0, 0.05) is 47.1 Å². The maximum atomic E-state index is 6.65. The van der Waals surface area contributed by atoms with Crippen molar-refractivity contribution in [3.8, 4) is 11.1 Å². The Labute approximate surface area is 237 Å². The Morgan fingerprint density at radius 1 is 0.415 bits per heavy atom. The average Bonchev–Trinajstić information content (AvgIpc) is 3.70. The highest BCUT2D eigenvalue weighted by atomic mass is 32.1. The molecule has 0 spiro atoms. The molecule has 3 heterocycles. The molecule has 0 aliphatic rings. The second-order valence-electron chi connectivity index (χ2n) is 10.9. The lowest BCUT2D eigenvalue weighted by molar-refractivity contribution is 0.669. The monoisotopic (exact) mass is 540 g/mol. The van der Waals surface area contributed by atoms with E-state index >= 15 is 0 Å². The number of furan rings is 2. The third-order valence-corrected chi connectivity index (χ3v) is 9.78. The third-order valence-electron chi connectivity index (χ3n) is 8.64. The Balaban J connectivity index is 1.39. The molecule has 3 aromatic heterocycles. The van der Waals surface area contributed by atoms with E-state index in [2.05, 4.69) is 103 Å². The fourth-order valence-electron chi connectivity index (χ4n) is 6.77. The summed E-state index contributed by atoms with van der Waals surface area (Å²) in [6.45, 7) is 0. The lowest BCUT2D eigenvalue weighted by atomic mass is 9.91. The molecule has 0 fully saturated rings. The highest BCUT2D eigenvalue weighted by Crippen LogP contribution is 2.45. The molecule has 3 heteroatoms. The number of hydrogen-bond donors (Lipinski definition) is 0. The molecular weight excluding hydrogens is 520 g/mol. The van der Waals surface area contributed by atoms with Crippen LogP contribution in [0.4, 0.5) is 0 Å². The summed E-state index contributed by atoms with van der Waals surface area (Å²) in [7, 11) is 0. The predicted octanol–water partition coefficient (Wildman–Crippen LogP) is 11.8. The topological polar surface area (TPSA) is 26.3 Å². The molecule has 190 valence electrons. The van der Waals surface area contributed by atoms with Gasteiger partial charge in [-0.1, -0.05) is 66.7 Å². The maximum Gasteiger partial charge on any atom is 0.143 e. The first-order valence-corrected chi connectivity index (χ1v) is 14.7. The fourth-order valence-corrected chi connectivity index (χ4v) is 7.91. The van der Waals surface area contributed by atoms with E-state index in [1.807, 2.05) is 29.5 Å². The smallest absolute Gasteiger partial charge is 0.143 e. The highest BCUT2D eigenvalue weighted by Gasteiger charge is 2.18. The van der Waals surface area contributed by atoms with Crippen LogP contribution in [0.5, 0.6) is 0 Å². The van der Waals surface area contributed by atoms with Crippen molar-refractivity contribution in [3.05, 3.63) is 121 Å². The van der Waals surface area contributed by atoms with Gasteiger partial charge in [-0.25, -0.2) is 0 Å². The molecule has 10 aromatic rings. The molecule has 0 aliphatic heterocycles. The second-order valence-corrected chi connectivity index (χ2v) is 11.9. The summed E-state index contributed by atoms with van der Waals surface area (Å²) in [5.41, 5.74) is 6.06. The van der Waals surface area contributed by atoms with Crippen molar-refractivity contribution >= 4 is 96.9 Å². The molecule has 0 saturated carbocycles. The van der Waals surface area contributed by atoms with Crippen LogP contribution in [0, 0.1) is 0 Å². The van der Waals surface area contributed by atoms with Gasteiger partial charge in [-0.15, -0.1) is 11.3 Å². The van der Waals surface area contributed by atoms with Crippen LogP contribution in [-0.4, -0.2) is 0 Å². The Bertz CT molecular complexity index is 2700. The highest BCUT2D eigenvalue weighted by molar-refractivity contribution is 7.25. The van der Waals surface area contributed by atoms with E-state index in [4.69, 9.17) is 8.83 Å². The Hall–Kier alpha value is -5.12. The molecule has 0 atom stereocenters. The zero-order valence-corrected chi connectivity index (χ0v) is 22.6. The molecule has 10 rings (SSSR count). The number of fused-ring (bicyclic) bond motifs is 13. The quantitative estimate of drug-likeness (QED) is 0.194. The molecule has 0 N–H and O–H groups in total. The van der Waals surface area contributed by atoms with Crippen LogP contribution in [0.2, 0.25) is 0 Å². The van der Waals surface area contributed by atoms with E-state index in [9.17, 15) is 0 Å². The van der Waals surface area contributed by atoms with Crippen LogP contribution in [0.25, 0.3) is 96.7 Å². The van der Waals surface area contributed by atoms with Crippen LogP contribution in [0.1, 0.15) is 0 Å². The Morgan fingerprint density at radius 3 is 2.00 bits per heavy atom. The van der Waals surface area contributed by atoms with Crippen molar-refractivity contribution in [1.82, 2.24) is 0 Å². The van der Waals surface area contributed by atoms with Gasteiger partial charge >= 0.3 is 0 Å². The van der Waals surface area contributed by atoms with Gasteiger partial charge in [-0.2, -0.15) is 0 Å². The zero-order valence-electron chi connectivity index (χ0n) is 21.8. The van der Waals surface area contributed by atoms with Gasteiger partial charge in [0.2, 0.25) is 0 Å². The van der Waals surface area contributed by atoms with Crippen molar-refractivity contribution in [1.29, 1.82) is 0 Å². The molecule has 0 aliphatic carbocycles. The van der Waals surface area contributed by atoms with Gasteiger partial charge in [0.1, 0.15) is 22.3 Å². The van der Waals surface area contributed by atoms with Gasteiger partial charge in [0.05, 0.1) is 0 Å². The minimum atomic E-state index is 0.909. The first-order valence-electron chi connectivity index (χ1n) is 13.8. The Kier molecular flexibility index (Phi) is 4.10. The first kappa shape index (κ1) is 21.7. The van der Waals surface area contributed by atoms with Gasteiger partial charge in [-0.05, 0) is 81.9 Å². The summed E-state index contributed by atoms with van der Waals surface area (Å²) < 4.78 is 15.4. The summed E-state index contributed by atoms with van der Waals surface area (Å²) in [6, 6.07) is 43.5. The van der Waals surface area contributed by atoms with Crippen molar-refractivity contribution in [2.75, 3.05) is 0 Å². The molecule has 0 unspecified atom stereocenters. The van der Waals surface area contributed by atoms with E-state index in [-0.39, 0.29) is 0 Å². The van der Waals surface area contributed by atoms with E-state index in [0.717, 1.165) is 43.9 Å². The van der Waals surface area contributed by atoms with E-state index < -0.39 is 0 Å². The number of para-hydroxylation sites is 2. The number of hydrogen-bond acceptors (Lipinski definition) is 3. The molecule has 0 saturated heterocycles. The molecule has 7 aromatic carbocycles. The SMILES string of the molecule is c1ccc2c(c1)oc1ccc(-c3cc4cc5sc6ccccc6c5cc4c4c3ccc3c5ccccc5oc34)cc12. The second kappa shape index (κ2) is 7.75. The molecule has 0 bridgehead atoms. The molecule has 41 heavy (non-hydrogen) atoms. The van der Waals surface area contributed by atoms with Crippen LogP contribution in [0.3, 0.4) is 0 Å². The predicted molar refractivity (Wildman–Crippen MR) is 174 cm³/mol. The fraction of sp³-hybridized carbons (Fsp3) is 0. The van der Waals surface area contributed by atoms with Crippen molar-refractivity contribution in [2.45, 2.75) is 0 Å². The minimum absolute atomic E-state index is 0.909. The Morgan fingerprint density at radius 2 is 1.12 bits per heavy atom. The number of thiophene rings is 1. The number of benzene rings is 7. The van der Waals surface area contributed by atoms with Crippen LogP contribution >= 0.6 is 11.3 Å². The van der Waals surface area contributed by atoms with E-state index in [1.165, 1.54) is 52.8 Å². The van der Waals surface area contributed by atoms with E-state index in [1.54, 1.807) is 0 Å². The van der Waals surface area contributed by atoms with Gasteiger partial charge in [0.25, 0.3) is 0 Å². The number of rotatable bonds is 1. The van der Waals surface area contributed by atoms with Gasteiger partial charge in [0.15, 0.2) is 0 Å². The normalized spacial score (nSPS) is 12.4. The average molecular weight is 541 g/mol. The van der Waals surface area contributed by atoms with Crippen LogP contribution < -0.4 is 0 Å². The summed E-state index contributed by atoms with van der Waals surface area (Å²) in [5.74, 6) is 0. The van der Waals surface area contributed by atoms with Gasteiger partial charge < -0.3 is 8.83 Å². The maximum absolute atomic E-state index is 6.65. The molecular formula is C38H20O2S. The van der Waals surface area contributed by atoms with Gasteiger partial charge in [-0.3, -0.25) is 0 Å². The summed E-state index contributed by atoms with van der Waals surface area (Å²) >= 11 is 1.86. The zero-order chi connectivity index (χ0) is 26.7. The van der Waals surface area contributed by atoms with Crippen LogP contribution in [0.15, 0.2) is 130 Å². The van der Waals surface area contributed by atoms with Crippen LogP contribution in [-0.2, 0) is 0 Å². The van der Waals surface area contributed by atoms with Crippen molar-refractivity contribution in [3.63, 3.8) is 0 Å². The third kappa shape index (κ3) is 2.91. The minimum Gasteiger partial charge on any atom is -0.456 e. The lowest BCUT2D eigenvalue weighted by Crippen LogP contribution is -1.86.